The standard InChI is InChI=1S/C45H58Cl2P2/c1-33(2)37-29-28-36(6)43(32-37)48(38-19-11-7-12-20-38,39-21-13-8-14-22-39)45(46,47)49(40-23-15-9-16-24-40,41-25-17-10-18-26-41)44-31-35(5)27-30-42(44)34(3)4/h7-26,33-37,42-44H,27-32H2,1-6H3/q+2/t35-,36+,37+,42+,43?,44?/m0/s1. The Morgan fingerprint density at radius 1 is 0.510 bits per heavy atom. The molecule has 49 heavy (non-hydrogen) atoms. The molecule has 0 saturated heterocycles. The van der Waals surface area contributed by atoms with Crippen molar-refractivity contribution >= 4 is 58.9 Å². The summed E-state index contributed by atoms with van der Waals surface area (Å²) >= 11 is 18.1. The maximum Gasteiger partial charge on any atom is 0.341 e. The molecule has 4 heteroatoms. The van der Waals surface area contributed by atoms with Gasteiger partial charge in [0.05, 0.1) is 11.3 Å². The van der Waals surface area contributed by atoms with E-state index in [0.29, 0.717) is 46.8 Å². The topological polar surface area (TPSA) is 0 Å². The molecule has 2 aliphatic carbocycles. The summed E-state index contributed by atoms with van der Waals surface area (Å²) in [6.07, 6.45) is 7.32. The second-order valence-electron chi connectivity index (χ2n) is 16.1. The highest BCUT2D eigenvalue weighted by atomic mass is 35.5. The molecule has 260 valence electrons. The van der Waals surface area contributed by atoms with Crippen LogP contribution in [0.1, 0.15) is 80.1 Å². The first-order valence-electron chi connectivity index (χ1n) is 18.9. The summed E-state index contributed by atoms with van der Waals surface area (Å²) in [5, 5.41) is 5.48. The first-order chi connectivity index (χ1) is 23.6. The van der Waals surface area contributed by atoms with Gasteiger partial charge in [-0.1, -0.05) is 121 Å². The van der Waals surface area contributed by atoms with E-state index < -0.39 is 18.3 Å². The summed E-state index contributed by atoms with van der Waals surface area (Å²) in [5.41, 5.74) is 0.724. The Balaban J connectivity index is 1.82. The number of hydrogen-bond acceptors (Lipinski definition) is 0. The average molecular weight is 732 g/mol. The second-order valence-corrected chi connectivity index (χ2v) is 26.4. The molecule has 0 spiro atoms. The van der Waals surface area contributed by atoms with E-state index >= 15 is 0 Å². The van der Waals surface area contributed by atoms with Crippen LogP contribution in [0.5, 0.6) is 0 Å². The molecule has 0 N–H and O–H groups in total. The first kappa shape index (κ1) is 37.1. The van der Waals surface area contributed by atoms with Crippen LogP contribution in [0.2, 0.25) is 0 Å². The Bertz CT molecular complexity index is 1530. The Labute approximate surface area is 309 Å². The Hall–Kier alpha value is -1.68. The second kappa shape index (κ2) is 15.5. The van der Waals surface area contributed by atoms with Gasteiger partial charge in [0.2, 0.25) is 0 Å². The Morgan fingerprint density at radius 2 is 0.918 bits per heavy atom. The third-order valence-corrected chi connectivity index (χ3v) is 27.2. The molecule has 0 nitrogen and oxygen atoms in total. The number of benzene rings is 4. The molecular weight excluding hydrogens is 673 g/mol. The van der Waals surface area contributed by atoms with E-state index in [1.165, 1.54) is 46.9 Å². The van der Waals surface area contributed by atoms with Gasteiger partial charge in [-0.2, -0.15) is 0 Å². The fourth-order valence-electron chi connectivity index (χ4n) is 10.1. The van der Waals surface area contributed by atoms with Crippen LogP contribution in [-0.2, 0) is 0 Å². The van der Waals surface area contributed by atoms with Crippen LogP contribution < -0.4 is 21.2 Å². The summed E-state index contributed by atoms with van der Waals surface area (Å²) in [6, 6.07) is 45.9. The zero-order valence-electron chi connectivity index (χ0n) is 30.6. The van der Waals surface area contributed by atoms with Gasteiger partial charge in [-0.25, -0.2) is 0 Å². The largest absolute Gasteiger partial charge is 0.341 e. The van der Waals surface area contributed by atoms with E-state index in [9.17, 15) is 0 Å². The van der Waals surface area contributed by atoms with Crippen LogP contribution in [0.15, 0.2) is 121 Å². The van der Waals surface area contributed by atoms with E-state index in [1.807, 2.05) is 0 Å². The van der Waals surface area contributed by atoms with Gasteiger partial charge in [0.1, 0.15) is 21.2 Å². The van der Waals surface area contributed by atoms with Crippen LogP contribution in [-0.4, -0.2) is 15.1 Å². The molecule has 4 aromatic rings. The molecule has 0 aromatic heterocycles. The molecule has 0 bridgehead atoms. The molecule has 4 aromatic carbocycles. The van der Waals surface area contributed by atoms with Gasteiger partial charge in [0, 0.05) is 0 Å². The van der Waals surface area contributed by atoms with Gasteiger partial charge in [-0.05, 0) is 139 Å². The summed E-state index contributed by atoms with van der Waals surface area (Å²) in [5.74, 6) is 3.46. The lowest BCUT2D eigenvalue weighted by Gasteiger charge is -2.53. The number of rotatable bonds is 10. The van der Waals surface area contributed by atoms with Gasteiger partial charge in [-0.3, -0.25) is 0 Å². The number of alkyl halides is 2. The van der Waals surface area contributed by atoms with Gasteiger partial charge in [0.25, 0.3) is 0 Å². The Morgan fingerprint density at radius 3 is 1.31 bits per heavy atom. The summed E-state index contributed by atoms with van der Waals surface area (Å²) in [4.78, 5) is 0. The maximum absolute atomic E-state index is 9.06. The van der Waals surface area contributed by atoms with Gasteiger partial charge in [-0.15, -0.1) is 0 Å². The first-order valence-corrected chi connectivity index (χ1v) is 23.4. The van der Waals surface area contributed by atoms with E-state index in [-0.39, 0.29) is 0 Å². The minimum Gasteiger partial charge on any atom is -0.0625 e. The third kappa shape index (κ3) is 6.50. The summed E-state index contributed by atoms with van der Waals surface area (Å²) in [7, 11) is -5.26. The summed E-state index contributed by atoms with van der Waals surface area (Å²) in [6.45, 7) is 14.8. The number of halogens is 2. The fraction of sp³-hybridized carbons (Fsp3) is 0.467. The van der Waals surface area contributed by atoms with Crippen LogP contribution in [0.3, 0.4) is 0 Å². The zero-order chi connectivity index (χ0) is 34.8. The van der Waals surface area contributed by atoms with Crippen LogP contribution in [0.25, 0.3) is 0 Å². The van der Waals surface area contributed by atoms with Crippen molar-refractivity contribution in [2.24, 2.45) is 35.5 Å². The molecular formula is C45H58Cl2P2+2. The van der Waals surface area contributed by atoms with Crippen molar-refractivity contribution in [3.05, 3.63) is 121 Å². The maximum atomic E-state index is 9.06. The van der Waals surface area contributed by atoms with Crippen molar-refractivity contribution in [2.45, 2.75) is 95.2 Å². The smallest absolute Gasteiger partial charge is 0.0625 e. The minimum atomic E-state index is -2.64. The molecule has 2 unspecified atom stereocenters. The molecule has 0 aliphatic heterocycles. The molecule has 6 rings (SSSR count). The van der Waals surface area contributed by atoms with Gasteiger partial charge < -0.3 is 0 Å². The SMILES string of the molecule is CC(C)[C@@H]1CC[C@@H](C)C([P+](c2ccccc2)(c2ccccc2)C(Cl)(Cl)[P+](c2ccccc2)(c2ccccc2)C2C[C@@H](C)CC[C@@H]2C(C)C)C1. The highest BCUT2D eigenvalue weighted by molar-refractivity contribution is 8.10. The normalized spacial score (nSPS) is 25.4. The molecule has 2 saturated carbocycles. The van der Waals surface area contributed by atoms with E-state index in [0.717, 1.165) is 12.8 Å². The minimum absolute atomic E-state index is 0.360. The molecule has 2 aliphatic rings. The van der Waals surface area contributed by atoms with E-state index in [1.54, 1.807) is 0 Å². The van der Waals surface area contributed by atoms with Crippen molar-refractivity contribution in [3.8, 4) is 0 Å². The number of hydrogen-bond donors (Lipinski definition) is 0. The highest BCUT2D eigenvalue weighted by Gasteiger charge is 2.82. The predicted molar refractivity (Wildman–Crippen MR) is 223 cm³/mol. The highest BCUT2D eigenvalue weighted by Crippen LogP contribution is 2.93. The lowest BCUT2D eigenvalue weighted by molar-refractivity contribution is 0.238. The van der Waals surface area contributed by atoms with Crippen molar-refractivity contribution in [1.29, 1.82) is 0 Å². The van der Waals surface area contributed by atoms with Crippen LogP contribution in [0, 0.1) is 35.5 Å². The predicted octanol–water partition coefficient (Wildman–Crippen LogP) is 12.3. The zero-order valence-corrected chi connectivity index (χ0v) is 33.9. The van der Waals surface area contributed by atoms with Crippen molar-refractivity contribution in [3.63, 3.8) is 0 Å². The average Bonchev–Trinajstić information content (AvgIpc) is 3.11. The van der Waals surface area contributed by atoms with Crippen LogP contribution >= 0.6 is 37.7 Å². The van der Waals surface area contributed by atoms with Crippen molar-refractivity contribution in [2.75, 3.05) is 0 Å². The lowest BCUT2D eigenvalue weighted by atomic mass is 9.77. The molecule has 0 amide bonds. The Kier molecular flexibility index (Phi) is 11.7. The van der Waals surface area contributed by atoms with Crippen LogP contribution in [0.4, 0.5) is 0 Å². The quantitative estimate of drug-likeness (QED) is 0.113. The third-order valence-electron chi connectivity index (χ3n) is 12.6. The van der Waals surface area contributed by atoms with Crippen molar-refractivity contribution < 1.29 is 0 Å². The molecule has 2 fully saturated rings. The lowest BCUT2D eigenvalue weighted by Crippen LogP contribution is -2.54. The van der Waals surface area contributed by atoms with E-state index in [2.05, 4.69) is 163 Å². The van der Waals surface area contributed by atoms with Gasteiger partial charge in [0.15, 0.2) is 14.5 Å². The summed E-state index contributed by atoms with van der Waals surface area (Å²) < 4.78 is -1.07. The van der Waals surface area contributed by atoms with E-state index in [4.69, 9.17) is 23.2 Å². The molecule has 6 atom stereocenters. The van der Waals surface area contributed by atoms with Crippen molar-refractivity contribution in [1.82, 2.24) is 0 Å². The fourth-order valence-corrected chi connectivity index (χ4v) is 28.2. The van der Waals surface area contributed by atoms with Gasteiger partial charge >= 0.3 is 3.82 Å². The molecule has 0 heterocycles. The monoisotopic (exact) mass is 730 g/mol. The molecule has 0 radical (unpaired) electrons.